The van der Waals surface area contributed by atoms with E-state index in [1.807, 2.05) is 30.3 Å². The van der Waals surface area contributed by atoms with Crippen molar-refractivity contribution in [3.63, 3.8) is 0 Å². The van der Waals surface area contributed by atoms with Crippen molar-refractivity contribution in [3.05, 3.63) is 53.3 Å². The van der Waals surface area contributed by atoms with Gasteiger partial charge in [-0.15, -0.1) is 0 Å². The molecule has 0 saturated carbocycles. The Balaban J connectivity index is 1.37. The molecule has 3 heterocycles. The number of hydrogen-bond donors (Lipinski definition) is 2. The van der Waals surface area contributed by atoms with Crippen molar-refractivity contribution in [2.75, 3.05) is 19.7 Å². The first-order valence-corrected chi connectivity index (χ1v) is 11.8. The Morgan fingerprint density at radius 1 is 1.27 bits per heavy atom. The number of nitrogens with one attached hydrogen (secondary N) is 1. The number of hydrogen-bond acceptors (Lipinski definition) is 8. The third-order valence-corrected chi connectivity index (χ3v) is 5.64. The summed E-state index contributed by atoms with van der Waals surface area (Å²) in [5, 5.41) is 21.9. The predicted octanol–water partition coefficient (Wildman–Crippen LogP) is 2.46. The van der Waals surface area contributed by atoms with Crippen LogP contribution >= 0.6 is 0 Å². The largest absolute Gasteiger partial charge is 0.479 e. The quantitative estimate of drug-likeness (QED) is 0.279. The number of benzene rings is 1. The van der Waals surface area contributed by atoms with Gasteiger partial charge in [-0.2, -0.15) is 10.2 Å². The van der Waals surface area contributed by atoms with Crippen LogP contribution in [0.25, 0.3) is 0 Å². The number of oxime groups is 1. The number of carbonyl (C=O) groups excluding carboxylic acids is 2. The molecule has 4 rings (SSSR count). The normalized spacial score (nSPS) is 18.7. The van der Waals surface area contributed by atoms with Gasteiger partial charge in [-0.1, -0.05) is 35.5 Å². The molecule has 2 aliphatic heterocycles. The van der Waals surface area contributed by atoms with Gasteiger partial charge in [-0.3, -0.25) is 9.52 Å². The van der Waals surface area contributed by atoms with E-state index in [1.165, 1.54) is 20.9 Å². The van der Waals surface area contributed by atoms with E-state index in [4.69, 9.17) is 14.4 Å². The maximum absolute atomic E-state index is 13.0. The van der Waals surface area contributed by atoms with Crippen molar-refractivity contribution in [2.45, 2.75) is 51.6 Å². The van der Waals surface area contributed by atoms with Gasteiger partial charge in [0, 0.05) is 5.56 Å². The van der Waals surface area contributed by atoms with Crippen molar-refractivity contribution in [3.8, 4) is 0 Å². The minimum absolute atomic E-state index is 0.114. The van der Waals surface area contributed by atoms with Crippen LogP contribution in [0.1, 0.15) is 49.7 Å². The highest BCUT2D eigenvalue weighted by molar-refractivity contribution is 5.86. The molecule has 0 aliphatic carbocycles. The number of urea groups is 1. The Bertz CT molecular complexity index is 1160. The summed E-state index contributed by atoms with van der Waals surface area (Å²) in [6.45, 7) is 6.09. The second-order valence-electron chi connectivity index (χ2n) is 9.49. The SMILES string of the molecule is CC(C)(C)OC(=O)NCCO/N=C/Cn1ncc2c1[C@@H](C(=O)O)N1C[C@@H]2N(OCc2ccccc2)C1=O. The van der Waals surface area contributed by atoms with Crippen molar-refractivity contribution >= 4 is 24.3 Å². The maximum atomic E-state index is 13.0. The van der Waals surface area contributed by atoms with Crippen molar-refractivity contribution in [1.29, 1.82) is 0 Å². The molecule has 1 saturated heterocycles. The van der Waals surface area contributed by atoms with Crippen LogP contribution < -0.4 is 5.32 Å². The van der Waals surface area contributed by atoms with Crippen LogP contribution in [0.15, 0.2) is 41.7 Å². The Morgan fingerprint density at radius 2 is 2.03 bits per heavy atom. The van der Waals surface area contributed by atoms with Crippen molar-refractivity contribution in [2.24, 2.45) is 5.16 Å². The molecule has 0 unspecified atom stereocenters. The highest BCUT2D eigenvalue weighted by Crippen LogP contribution is 2.44. The number of nitrogens with zero attached hydrogens (tertiary/aromatic N) is 5. The summed E-state index contributed by atoms with van der Waals surface area (Å²) in [7, 11) is 0. The zero-order valence-corrected chi connectivity index (χ0v) is 20.9. The molecule has 0 radical (unpaired) electrons. The summed E-state index contributed by atoms with van der Waals surface area (Å²) in [5.41, 5.74) is 1.29. The van der Waals surface area contributed by atoms with E-state index in [0.717, 1.165) is 5.56 Å². The smallest absolute Gasteiger partial charge is 0.407 e. The molecule has 1 fully saturated rings. The minimum atomic E-state index is -1.21. The molecule has 2 aliphatic rings. The Hall–Kier alpha value is -4.13. The maximum Gasteiger partial charge on any atom is 0.407 e. The van der Waals surface area contributed by atoms with Gasteiger partial charge in [0.25, 0.3) is 0 Å². The van der Waals surface area contributed by atoms with Gasteiger partial charge in [0.1, 0.15) is 24.9 Å². The molecule has 0 spiro atoms. The number of alkyl carbamates (subject to hydrolysis) is 1. The first kappa shape index (κ1) is 25.9. The Morgan fingerprint density at radius 3 is 2.73 bits per heavy atom. The molecule has 3 amide bonds. The molecular weight excluding hydrogens is 484 g/mol. The van der Waals surface area contributed by atoms with Crippen LogP contribution in [0.4, 0.5) is 9.59 Å². The first-order valence-electron chi connectivity index (χ1n) is 11.8. The predicted molar refractivity (Wildman–Crippen MR) is 129 cm³/mol. The summed E-state index contributed by atoms with van der Waals surface area (Å²) in [5.74, 6) is -1.17. The van der Waals surface area contributed by atoms with Gasteiger partial charge < -0.3 is 24.9 Å². The molecule has 2 bridgehead atoms. The number of aliphatic carboxylic acids is 1. The van der Waals surface area contributed by atoms with Gasteiger partial charge in [0.05, 0.1) is 37.7 Å². The van der Waals surface area contributed by atoms with Crippen LogP contribution in [-0.2, 0) is 32.4 Å². The topological polar surface area (TPSA) is 148 Å². The number of aromatic nitrogens is 2. The first-order chi connectivity index (χ1) is 17.7. The second-order valence-corrected chi connectivity index (χ2v) is 9.49. The third-order valence-electron chi connectivity index (χ3n) is 5.64. The molecule has 1 aromatic carbocycles. The molecule has 2 N–H and O–H groups in total. The number of carbonyl (C=O) groups is 3. The third kappa shape index (κ3) is 6.00. The van der Waals surface area contributed by atoms with Gasteiger partial charge in [0.2, 0.25) is 0 Å². The molecule has 2 atom stereocenters. The van der Waals surface area contributed by atoms with Crippen LogP contribution in [0.3, 0.4) is 0 Å². The highest BCUT2D eigenvalue weighted by atomic mass is 16.7. The number of carboxylic acid groups (broad SMARTS) is 1. The van der Waals surface area contributed by atoms with E-state index >= 15 is 0 Å². The van der Waals surface area contributed by atoms with Crippen molar-refractivity contribution < 1.29 is 33.9 Å². The Labute approximate surface area is 213 Å². The molecular formula is C24H30N6O7. The summed E-state index contributed by atoms with van der Waals surface area (Å²) < 4.78 is 6.61. The van der Waals surface area contributed by atoms with E-state index in [9.17, 15) is 19.5 Å². The fourth-order valence-electron chi connectivity index (χ4n) is 4.14. The highest BCUT2D eigenvalue weighted by Gasteiger charge is 2.53. The summed E-state index contributed by atoms with van der Waals surface area (Å²) in [6.07, 6.45) is 2.44. The molecule has 13 heteroatoms. The summed E-state index contributed by atoms with van der Waals surface area (Å²) in [4.78, 5) is 49.1. The standard InChI is InChI=1S/C24H30N6O7/c1-24(2,3)37-22(33)25-10-12-35-27-9-11-29-19-17(13-26-29)18-14-28(20(19)21(31)32)23(34)30(18)36-15-16-7-5-4-6-8-16/h4-9,13,18,20H,10-12,14-15H2,1-3H3,(H,25,33)(H,31,32)/b27-9+/t18-,20-/m0/s1. The number of rotatable bonds is 10. The lowest BCUT2D eigenvalue weighted by Gasteiger charge is -2.28. The molecule has 2 aromatic rings. The number of amides is 3. The minimum Gasteiger partial charge on any atom is -0.479 e. The lowest BCUT2D eigenvalue weighted by Crippen LogP contribution is -2.39. The van der Waals surface area contributed by atoms with Gasteiger partial charge >= 0.3 is 18.1 Å². The van der Waals surface area contributed by atoms with E-state index in [0.29, 0.717) is 11.3 Å². The molecule has 1 aromatic heterocycles. The fraction of sp³-hybridized carbons (Fsp3) is 0.458. The Kier molecular flexibility index (Phi) is 7.62. The van der Waals surface area contributed by atoms with E-state index in [1.54, 1.807) is 27.0 Å². The number of ether oxygens (including phenoxy) is 1. The van der Waals surface area contributed by atoms with E-state index in [-0.39, 0.29) is 32.8 Å². The van der Waals surface area contributed by atoms with Crippen molar-refractivity contribution in [1.82, 2.24) is 25.1 Å². The van der Waals surface area contributed by atoms with Crippen LogP contribution in [0, 0.1) is 0 Å². The summed E-state index contributed by atoms with van der Waals surface area (Å²) >= 11 is 0. The lowest BCUT2D eigenvalue weighted by molar-refractivity contribution is -0.143. The van der Waals surface area contributed by atoms with Crippen LogP contribution in [0.5, 0.6) is 0 Å². The number of hydroxylamine groups is 2. The average molecular weight is 515 g/mol. The van der Waals surface area contributed by atoms with Gasteiger partial charge in [-0.05, 0) is 26.3 Å². The molecule has 37 heavy (non-hydrogen) atoms. The van der Waals surface area contributed by atoms with Crippen LogP contribution in [0.2, 0.25) is 0 Å². The molecule has 198 valence electrons. The monoisotopic (exact) mass is 514 g/mol. The van der Waals surface area contributed by atoms with Crippen LogP contribution in [-0.4, -0.2) is 74.5 Å². The average Bonchev–Trinajstić information content (AvgIpc) is 3.37. The second kappa shape index (κ2) is 10.9. The van der Waals surface area contributed by atoms with E-state index < -0.39 is 35.8 Å². The van der Waals surface area contributed by atoms with E-state index in [2.05, 4.69) is 15.6 Å². The number of fused-ring (bicyclic) bond motifs is 4. The fourth-order valence-corrected chi connectivity index (χ4v) is 4.14. The molecule has 13 nitrogen and oxygen atoms in total. The van der Waals surface area contributed by atoms with Gasteiger partial charge in [-0.25, -0.2) is 14.4 Å². The zero-order chi connectivity index (χ0) is 26.6. The number of carboxylic acids is 1. The lowest BCUT2D eigenvalue weighted by atomic mass is 9.98. The zero-order valence-electron chi connectivity index (χ0n) is 20.9. The van der Waals surface area contributed by atoms with Gasteiger partial charge in [0.15, 0.2) is 6.04 Å². The summed E-state index contributed by atoms with van der Waals surface area (Å²) in [6, 6.07) is 7.19.